The van der Waals surface area contributed by atoms with Gasteiger partial charge < -0.3 is 14.5 Å². The minimum absolute atomic E-state index is 0.276. The molecule has 7 nitrogen and oxygen atoms in total. The fourth-order valence-corrected chi connectivity index (χ4v) is 5.35. The van der Waals surface area contributed by atoms with E-state index in [4.69, 9.17) is 21.1 Å². The number of halogens is 3. The molecule has 0 saturated carbocycles. The number of benzene rings is 4. The monoisotopic (exact) mass is 741 g/mol. The normalized spacial score (nSPS) is 11.1. The third-order valence-corrected chi connectivity index (χ3v) is 7.84. The Labute approximate surface area is 263 Å². The number of carbonyl (C=O) groups is 2. The lowest BCUT2D eigenvalue weighted by atomic mass is 10.0. The number of aromatic amines is 1. The molecule has 0 aliphatic carbocycles. The van der Waals surface area contributed by atoms with Crippen LogP contribution in [0.3, 0.4) is 0 Å². The molecule has 0 atom stereocenters. The van der Waals surface area contributed by atoms with Crippen LogP contribution in [0.4, 0.5) is 0 Å². The molecular formula is C31H22BrClIN3O4. The van der Waals surface area contributed by atoms with Gasteiger partial charge in [-0.25, -0.2) is 10.2 Å². The van der Waals surface area contributed by atoms with Crippen LogP contribution >= 0.6 is 50.1 Å². The third kappa shape index (κ3) is 6.47. The summed E-state index contributed by atoms with van der Waals surface area (Å²) in [7, 11) is 0. The molecule has 0 aliphatic rings. The summed E-state index contributed by atoms with van der Waals surface area (Å²) in [5, 5.41) is 5.59. The summed E-state index contributed by atoms with van der Waals surface area (Å²) < 4.78 is 13.1. The first-order chi connectivity index (χ1) is 19.9. The number of rotatable bonds is 8. The van der Waals surface area contributed by atoms with Crippen molar-refractivity contribution < 1.29 is 19.1 Å². The number of fused-ring (bicyclic) bond motifs is 1. The molecule has 5 rings (SSSR count). The number of H-pyrrole nitrogens is 1. The van der Waals surface area contributed by atoms with Gasteiger partial charge in [-0.1, -0.05) is 57.9 Å². The fraction of sp³-hybridized carbons (Fsp3) is 0.0645. The van der Waals surface area contributed by atoms with Crippen molar-refractivity contribution in [2.24, 2.45) is 5.10 Å². The van der Waals surface area contributed by atoms with E-state index in [1.807, 2.05) is 43.3 Å². The standard InChI is InChI=1S/C31H22BrClIN3O4/c1-2-40-26-16-18(10-15-25(26)41-31(39)19-11-13-20(32)14-12-19)17-35-37-30(38)29-27(21-6-3-4-8-23(21)33)22-7-5-9-24(34)28(22)36-29/h3-17,36H,2H2,1H3,(H,37,38). The maximum Gasteiger partial charge on any atom is 0.343 e. The van der Waals surface area contributed by atoms with Crippen LogP contribution in [-0.4, -0.2) is 29.7 Å². The van der Waals surface area contributed by atoms with E-state index in [1.54, 1.807) is 48.5 Å². The Kier molecular flexibility index (Phi) is 9.06. The molecule has 0 unspecified atom stereocenters. The molecule has 5 aromatic rings. The summed E-state index contributed by atoms with van der Waals surface area (Å²) in [6, 6.07) is 25.1. The molecule has 0 radical (unpaired) electrons. The number of hydrogen-bond acceptors (Lipinski definition) is 5. The molecule has 10 heteroatoms. The number of esters is 1. The molecule has 4 aromatic carbocycles. The van der Waals surface area contributed by atoms with Crippen LogP contribution in [0.2, 0.25) is 5.02 Å². The highest BCUT2D eigenvalue weighted by molar-refractivity contribution is 14.1. The topological polar surface area (TPSA) is 92.8 Å². The van der Waals surface area contributed by atoms with Gasteiger partial charge >= 0.3 is 5.97 Å². The molecule has 2 N–H and O–H groups in total. The SMILES string of the molecule is CCOc1cc(C=NNC(=O)c2[nH]c3c(I)cccc3c2-c2ccccc2Cl)ccc1OC(=O)c1ccc(Br)cc1. The maximum atomic E-state index is 13.3. The maximum absolute atomic E-state index is 13.3. The van der Waals surface area contributed by atoms with Crippen LogP contribution in [0.25, 0.3) is 22.0 Å². The number of hydrazone groups is 1. The van der Waals surface area contributed by atoms with Gasteiger partial charge in [0.05, 0.1) is 23.9 Å². The first kappa shape index (κ1) is 28.8. The van der Waals surface area contributed by atoms with E-state index in [-0.39, 0.29) is 5.75 Å². The summed E-state index contributed by atoms with van der Waals surface area (Å²) in [6.45, 7) is 2.20. The van der Waals surface area contributed by atoms with Gasteiger partial charge in [-0.05, 0) is 89.7 Å². The number of nitrogens with one attached hydrogen (secondary N) is 2. The number of ether oxygens (including phenoxy) is 2. The quantitative estimate of drug-likeness (QED) is 0.0551. The molecule has 0 aliphatic heterocycles. The predicted octanol–water partition coefficient (Wildman–Crippen LogP) is 8.24. The van der Waals surface area contributed by atoms with Crippen LogP contribution < -0.4 is 14.9 Å². The lowest BCUT2D eigenvalue weighted by Gasteiger charge is -2.11. The molecule has 0 spiro atoms. The van der Waals surface area contributed by atoms with Crippen LogP contribution in [0.15, 0.2) is 94.5 Å². The van der Waals surface area contributed by atoms with Gasteiger partial charge in [-0.3, -0.25) is 4.79 Å². The lowest BCUT2D eigenvalue weighted by Crippen LogP contribution is -2.19. The Morgan fingerprint density at radius 2 is 1.80 bits per heavy atom. The van der Waals surface area contributed by atoms with E-state index in [0.29, 0.717) is 39.8 Å². The molecule has 0 saturated heterocycles. The highest BCUT2D eigenvalue weighted by Gasteiger charge is 2.21. The van der Waals surface area contributed by atoms with Crippen molar-refractivity contribution in [3.05, 3.63) is 115 Å². The zero-order valence-electron chi connectivity index (χ0n) is 21.6. The first-order valence-corrected chi connectivity index (χ1v) is 14.7. The third-order valence-electron chi connectivity index (χ3n) is 6.08. The van der Waals surface area contributed by atoms with Gasteiger partial charge in [0.1, 0.15) is 5.69 Å². The molecule has 0 fully saturated rings. The van der Waals surface area contributed by atoms with Crippen molar-refractivity contribution in [1.29, 1.82) is 0 Å². The van der Waals surface area contributed by atoms with Gasteiger partial charge in [0.25, 0.3) is 5.91 Å². The summed E-state index contributed by atoms with van der Waals surface area (Å²) in [4.78, 5) is 29.2. The number of carbonyl (C=O) groups excluding carboxylic acids is 2. The van der Waals surface area contributed by atoms with E-state index in [9.17, 15) is 9.59 Å². The largest absolute Gasteiger partial charge is 0.490 e. The number of para-hydroxylation sites is 1. The zero-order valence-corrected chi connectivity index (χ0v) is 26.1. The summed E-state index contributed by atoms with van der Waals surface area (Å²) >= 11 is 12.1. The average molecular weight is 743 g/mol. The number of aromatic nitrogens is 1. The van der Waals surface area contributed by atoms with Crippen molar-refractivity contribution >= 4 is 79.1 Å². The fourth-order valence-electron chi connectivity index (χ4n) is 4.22. The molecule has 1 amide bonds. The van der Waals surface area contributed by atoms with Crippen molar-refractivity contribution in [3.8, 4) is 22.6 Å². The second-order valence-corrected chi connectivity index (χ2v) is 11.2. The summed E-state index contributed by atoms with van der Waals surface area (Å²) in [5.41, 5.74) is 6.28. The number of nitrogens with zero attached hydrogens (tertiary/aromatic N) is 1. The van der Waals surface area contributed by atoms with Crippen LogP contribution in [0, 0.1) is 3.57 Å². The van der Waals surface area contributed by atoms with Crippen molar-refractivity contribution in [2.75, 3.05) is 6.61 Å². The van der Waals surface area contributed by atoms with Gasteiger partial charge in [0, 0.05) is 29.6 Å². The molecule has 41 heavy (non-hydrogen) atoms. The van der Waals surface area contributed by atoms with Gasteiger partial charge in [0.2, 0.25) is 0 Å². The van der Waals surface area contributed by atoms with Crippen molar-refractivity contribution in [3.63, 3.8) is 0 Å². The minimum Gasteiger partial charge on any atom is -0.490 e. The average Bonchev–Trinajstić information content (AvgIpc) is 3.36. The highest BCUT2D eigenvalue weighted by atomic mass is 127. The van der Waals surface area contributed by atoms with Crippen LogP contribution in [0.1, 0.15) is 33.3 Å². The van der Waals surface area contributed by atoms with E-state index in [1.165, 1.54) is 6.21 Å². The highest BCUT2D eigenvalue weighted by Crippen LogP contribution is 2.38. The Hall–Kier alpha value is -3.67. The van der Waals surface area contributed by atoms with Crippen LogP contribution in [-0.2, 0) is 0 Å². The summed E-state index contributed by atoms with van der Waals surface area (Å²) in [5.74, 6) is -0.278. The minimum atomic E-state index is -0.505. The molecule has 1 heterocycles. The number of amides is 1. The molecule has 1 aromatic heterocycles. The summed E-state index contributed by atoms with van der Waals surface area (Å²) in [6.07, 6.45) is 1.49. The lowest BCUT2D eigenvalue weighted by molar-refractivity contribution is 0.0728. The van der Waals surface area contributed by atoms with Crippen molar-refractivity contribution in [1.82, 2.24) is 10.4 Å². The number of hydrogen-bond donors (Lipinski definition) is 2. The molecule has 206 valence electrons. The van der Waals surface area contributed by atoms with E-state index >= 15 is 0 Å². The van der Waals surface area contributed by atoms with Crippen molar-refractivity contribution in [2.45, 2.75) is 6.92 Å². The van der Waals surface area contributed by atoms with E-state index < -0.39 is 11.9 Å². The molecular weight excluding hydrogens is 721 g/mol. The van der Waals surface area contributed by atoms with Gasteiger partial charge in [-0.15, -0.1) is 0 Å². The Morgan fingerprint density at radius 1 is 1.02 bits per heavy atom. The van der Waals surface area contributed by atoms with E-state index in [0.717, 1.165) is 24.5 Å². The predicted molar refractivity (Wildman–Crippen MR) is 173 cm³/mol. The Morgan fingerprint density at radius 3 is 2.56 bits per heavy atom. The second-order valence-electron chi connectivity index (χ2n) is 8.75. The van der Waals surface area contributed by atoms with Crippen LogP contribution in [0.5, 0.6) is 11.5 Å². The molecule has 0 bridgehead atoms. The Bertz CT molecular complexity index is 1790. The first-order valence-electron chi connectivity index (χ1n) is 12.5. The van der Waals surface area contributed by atoms with Gasteiger partial charge in [0.15, 0.2) is 11.5 Å². The van der Waals surface area contributed by atoms with E-state index in [2.05, 4.69) is 54.0 Å². The smallest absolute Gasteiger partial charge is 0.343 e. The second kappa shape index (κ2) is 12.9. The Balaban J connectivity index is 1.38. The zero-order chi connectivity index (χ0) is 28.9. The van der Waals surface area contributed by atoms with Gasteiger partial charge in [-0.2, -0.15) is 5.10 Å².